The number of pyridine rings is 2. The smallest absolute Gasteiger partial charge is 0.254 e. The van der Waals surface area contributed by atoms with Gasteiger partial charge in [0.25, 0.3) is 5.95 Å². The zero-order valence-corrected chi connectivity index (χ0v) is 30.7. The number of hydrogen-bond donors (Lipinski definition) is 0. The average molecular weight is 735 g/mol. The predicted octanol–water partition coefficient (Wildman–Crippen LogP) is 12.0. The van der Waals surface area contributed by atoms with Crippen molar-refractivity contribution in [1.82, 2.24) is 29.7 Å². The van der Waals surface area contributed by atoms with Crippen LogP contribution in [0.3, 0.4) is 0 Å². The van der Waals surface area contributed by atoms with Crippen LogP contribution in [0.25, 0.3) is 50.3 Å². The van der Waals surface area contributed by atoms with Gasteiger partial charge in [0.15, 0.2) is 0 Å². The summed E-state index contributed by atoms with van der Waals surface area (Å²) in [5.74, 6) is 0.485. The fourth-order valence-corrected chi connectivity index (χ4v) is 7.56. The van der Waals surface area contributed by atoms with E-state index in [1.165, 1.54) is 0 Å². The van der Waals surface area contributed by atoms with Crippen molar-refractivity contribution in [2.75, 3.05) is 9.80 Å². The van der Waals surface area contributed by atoms with E-state index in [0.29, 0.717) is 5.95 Å². The maximum absolute atomic E-state index is 4.74. The Morgan fingerprint density at radius 3 is 1.28 bits per heavy atom. The van der Waals surface area contributed by atoms with Crippen LogP contribution < -0.4 is 9.80 Å². The molecule has 8 heteroatoms. The monoisotopic (exact) mass is 734 g/mol. The topological polar surface area (TPSA) is 75.9 Å². The molecule has 0 aliphatic carbocycles. The summed E-state index contributed by atoms with van der Waals surface area (Å²) >= 11 is 0. The van der Waals surface area contributed by atoms with Crippen LogP contribution in [0, 0.1) is 0 Å². The Balaban J connectivity index is 1.17. The van der Waals surface area contributed by atoms with Crippen LogP contribution in [0.4, 0.5) is 34.1 Å². The van der Waals surface area contributed by atoms with Gasteiger partial charge >= 0.3 is 0 Å². The van der Waals surface area contributed by atoms with Gasteiger partial charge in [-0.15, -0.1) is 5.10 Å². The van der Waals surface area contributed by atoms with Gasteiger partial charge in [0, 0.05) is 68.4 Å². The van der Waals surface area contributed by atoms with Gasteiger partial charge in [-0.2, -0.15) is 5.10 Å². The molecule has 0 unspecified atom stereocenters. The van der Waals surface area contributed by atoms with Crippen molar-refractivity contribution < 1.29 is 0 Å². The first kappa shape index (κ1) is 33.6. The molecule has 4 aromatic heterocycles. The second-order valence-electron chi connectivity index (χ2n) is 13.6. The largest absolute Gasteiger partial charge is 0.310 e. The molecule has 10 rings (SSSR count). The normalized spacial score (nSPS) is 11.2. The van der Waals surface area contributed by atoms with Crippen molar-refractivity contribution >= 4 is 55.9 Å². The SMILES string of the molecule is c1ccc(N(c2cccc(-c3ccccn3)c2)c2ccc3c4ccc(N(c5ccccc5)c5cccc(-c6ccccn6)c5)cc4n(-c4nccnn4)c3c2)cc1. The number of para-hydroxylation sites is 2. The molecule has 0 radical (unpaired) electrons. The molecule has 0 saturated carbocycles. The zero-order chi connectivity index (χ0) is 38.0. The molecule has 10 aromatic rings. The summed E-state index contributed by atoms with van der Waals surface area (Å²) in [5, 5.41) is 11.0. The molecule has 0 fully saturated rings. The van der Waals surface area contributed by atoms with E-state index in [4.69, 9.17) is 4.98 Å². The molecule has 270 valence electrons. The lowest BCUT2D eigenvalue weighted by atomic mass is 10.1. The van der Waals surface area contributed by atoms with Crippen molar-refractivity contribution in [2.45, 2.75) is 0 Å². The van der Waals surface area contributed by atoms with Gasteiger partial charge in [-0.05, 0) is 97.1 Å². The Kier molecular flexibility index (Phi) is 8.66. The van der Waals surface area contributed by atoms with Gasteiger partial charge < -0.3 is 9.80 Å². The molecule has 0 bridgehead atoms. The lowest BCUT2D eigenvalue weighted by molar-refractivity contribution is 0.887. The molecule has 6 aromatic carbocycles. The molecule has 0 aliphatic heterocycles. The van der Waals surface area contributed by atoms with E-state index in [0.717, 1.165) is 78.4 Å². The van der Waals surface area contributed by atoms with E-state index in [1.54, 1.807) is 12.4 Å². The number of aromatic nitrogens is 6. The Bertz CT molecular complexity index is 2770. The van der Waals surface area contributed by atoms with E-state index >= 15 is 0 Å². The number of fused-ring (bicyclic) bond motifs is 3. The quantitative estimate of drug-likeness (QED) is 0.146. The standard InChI is InChI=1S/C49H34N8/c1-3-15-37(16-4-1)55(39-19-11-13-35(31-39)45-21-7-9-27-50-45)41-23-25-43-44-26-24-42(34-48(44)57(47(43)33-41)49-52-29-30-53-54-49)56(38-17-5-2-6-18-38)40-20-12-14-36(32-40)46-22-8-10-28-51-46/h1-34H. The van der Waals surface area contributed by atoms with E-state index in [2.05, 4.69) is 168 Å². The number of nitrogens with zero attached hydrogens (tertiary/aromatic N) is 8. The summed E-state index contributed by atoms with van der Waals surface area (Å²) in [4.78, 5) is 18.6. The first-order valence-electron chi connectivity index (χ1n) is 18.7. The van der Waals surface area contributed by atoms with E-state index in [9.17, 15) is 0 Å². The molecule has 8 nitrogen and oxygen atoms in total. The van der Waals surface area contributed by atoms with E-state index in [1.807, 2.05) is 60.9 Å². The van der Waals surface area contributed by atoms with E-state index in [-0.39, 0.29) is 0 Å². The fraction of sp³-hybridized carbons (Fsp3) is 0. The van der Waals surface area contributed by atoms with Crippen LogP contribution in [0.15, 0.2) is 207 Å². The van der Waals surface area contributed by atoms with Crippen molar-refractivity contribution in [3.05, 3.63) is 207 Å². The molecule has 0 aliphatic rings. The summed E-state index contributed by atoms with van der Waals surface area (Å²) in [6.07, 6.45) is 6.94. The first-order chi connectivity index (χ1) is 28.3. The Hall–Kier alpha value is -7.97. The van der Waals surface area contributed by atoms with Gasteiger partial charge in [0.05, 0.1) is 34.8 Å². The highest BCUT2D eigenvalue weighted by atomic mass is 15.3. The highest BCUT2D eigenvalue weighted by Gasteiger charge is 2.21. The zero-order valence-electron chi connectivity index (χ0n) is 30.7. The second-order valence-corrected chi connectivity index (χ2v) is 13.6. The van der Waals surface area contributed by atoms with Gasteiger partial charge in [-0.3, -0.25) is 14.5 Å². The Morgan fingerprint density at radius 1 is 0.351 bits per heavy atom. The van der Waals surface area contributed by atoms with Crippen molar-refractivity contribution in [3.63, 3.8) is 0 Å². The molecule has 0 spiro atoms. The highest BCUT2D eigenvalue weighted by molar-refractivity contribution is 6.11. The molecule has 57 heavy (non-hydrogen) atoms. The molecule has 0 N–H and O–H groups in total. The first-order valence-corrected chi connectivity index (χ1v) is 18.7. The molecular weight excluding hydrogens is 701 g/mol. The maximum atomic E-state index is 4.74. The van der Waals surface area contributed by atoms with E-state index < -0.39 is 0 Å². The van der Waals surface area contributed by atoms with Crippen LogP contribution in [0.1, 0.15) is 0 Å². The maximum Gasteiger partial charge on any atom is 0.254 e. The van der Waals surface area contributed by atoms with Crippen LogP contribution >= 0.6 is 0 Å². The minimum Gasteiger partial charge on any atom is -0.310 e. The summed E-state index contributed by atoms with van der Waals surface area (Å²) in [6.45, 7) is 0. The van der Waals surface area contributed by atoms with Gasteiger partial charge in [-0.1, -0.05) is 84.9 Å². The molecule has 0 atom stereocenters. The third-order valence-electron chi connectivity index (χ3n) is 10.1. The molecule has 4 heterocycles. The lowest BCUT2D eigenvalue weighted by Crippen LogP contribution is -2.11. The number of rotatable bonds is 9. The van der Waals surface area contributed by atoms with Crippen molar-refractivity contribution in [3.8, 4) is 28.5 Å². The van der Waals surface area contributed by atoms with Crippen LogP contribution in [0.5, 0.6) is 0 Å². The van der Waals surface area contributed by atoms with Gasteiger partial charge in [0.1, 0.15) is 0 Å². The second kappa shape index (κ2) is 14.7. The minimum atomic E-state index is 0.485. The van der Waals surface area contributed by atoms with Gasteiger partial charge in [0.2, 0.25) is 0 Å². The summed E-state index contributed by atoms with van der Waals surface area (Å²) in [5.41, 5.74) is 11.9. The predicted molar refractivity (Wildman–Crippen MR) is 230 cm³/mol. The Morgan fingerprint density at radius 2 is 0.825 bits per heavy atom. The highest BCUT2D eigenvalue weighted by Crippen LogP contribution is 2.43. The van der Waals surface area contributed by atoms with Crippen molar-refractivity contribution in [1.29, 1.82) is 0 Å². The molecule has 0 amide bonds. The van der Waals surface area contributed by atoms with Crippen LogP contribution in [-0.2, 0) is 0 Å². The van der Waals surface area contributed by atoms with Crippen molar-refractivity contribution in [2.24, 2.45) is 0 Å². The van der Waals surface area contributed by atoms with Crippen LogP contribution in [-0.4, -0.2) is 29.7 Å². The average Bonchev–Trinajstić information content (AvgIpc) is 3.61. The number of anilines is 6. The summed E-state index contributed by atoms with van der Waals surface area (Å²) in [7, 11) is 0. The lowest BCUT2D eigenvalue weighted by Gasteiger charge is -2.26. The molecular formula is C49H34N8. The number of hydrogen-bond acceptors (Lipinski definition) is 7. The number of benzene rings is 6. The fourth-order valence-electron chi connectivity index (χ4n) is 7.56. The third kappa shape index (κ3) is 6.41. The Labute approximate surface area is 329 Å². The summed E-state index contributed by atoms with van der Waals surface area (Å²) in [6, 6.07) is 63.1. The van der Waals surface area contributed by atoms with Crippen LogP contribution in [0.2, 0.25) is 0 Å². The molecule has 0 saturated heterocycles. The minimum absolute atomic E-state index is 0.485. The summed E-state index contributed by atoms with van der Waals surface area (Å²) < 4.78 is 2.12. The third-order valence-corrected chi connectivity index (χ3v) is 10.1. The van der Waals surface area contributed by atoms with Gasteiger partial charge in [-0.25, -0.2) is 4.98 Å².